The molecule has 2 atom stereocenters. The van der Waals surface area contributed by atoms with Crippen LogP contribution < -0.4 is 15.4 Å². The summed E-state index contributed by atoms with van der Waals surface area (Å²) in [7, 11) is 1.59. The molecule has 7 nitrogen and oxygen atoms in total. The van der Waals surface area contributed by atoms with Gasteiger partial charge in [0, 0.05) is 36.2 Å². The highest BCUT2D eigenvalue weighted by Gasteiger charge is 2.41. The number of anilines is 1. The molecule has 0 saturated carbocycles. The Morgan fingerprint density at radius 1 is 1.05 bits per heavy atom. The first-order valence-corrected chi connectivity index (χ1v) is 13.4. The summed E-state index contributed by atoms with van der Waals surface area (Å²) in [6.07, 6.45) is 2.07. The number of nitrogens with one attached hydrogen (secondary N) is 2. The third kappa shape index (κ3) is 5.38. The normalized spacial score (nSPS) is 16.7. The second-order valence-electron chi connectivity index (χ2n) is 9.82. The molecule has 1 fully saturated rings. The predicted molar refractivity (Wildman–Crippen MR) is 158 cm³/mol. The Balaban J connectivity index is 1.46. The first-order valence-electron chi connectivity index (χ1n) is 13.0. The molecule has 39 heavy (non-hydrogen) atoms. The predicted octanol–water partition coefficient (Wildman–Crippen LogP) is 5.81. The molecule has 200 valence electrons. The van der Waals surface area contributed by atoms with E-state index in [4.69, 9.17) is 17.0 Å². The second-order valence-corrected chi connectivity index (χ2v) is 10.2. The van der Waals surface area contributed by atoms with Gasteiger partial charge in [-0.1, -0.05) is 35.9 Å². The smallest absolute Gasteiger partial charge is 0.226 e. The molecule has 1 aliphatic rings. The number of carbonyl (C=O) groups is 1. The number of pyridine rings is 1. The average molecular weight is 540 g/mol. The standard InChI is InChI=1S/C31H33N5O2S/c1-20-12-14-23(15-13-20)36-21(2)19-24(22(36)3)30-29(26-10-7-8-17-32-26)34-31(39)35(30)18-16-28(37)33-25-9-5-6-11-27(25)38-4/h5-15,17,19,29-30H,16,18H2,1-4H3,(H,33,37)(H,34,39)/t29-,30-/m0/s1. The SMILES string of the molecule is COc1ccccc1NC(=O)CCN1C(=S)N[C@@H](c2ccccn2)[C@@H]1c1cc(C)n(-c2ccc(C)cc2)c1C. The van der Waals surface area contributed by atoms with E-state index in [0.29, 0.717) is 23.1 Å². The Bertz CT molecular complexity index is 1480. The van der Waals surface area contributed by atoms with Crippen LogP contribution in [-0.2, 0) is 4.79 Å². The van der Waals surface area contributed by atoms with Gasteiger partial charge in [0.25, 0.3) is 0 Å². The molecule has 5 rings (SSSR count). The van der Waals surface area contributed by atoms with Crippen molar-refractivity contribution in [2.45, 2.75) is 39.3 Å². The van der Waals surface area contributed by atoms with Gasteiger partial charge < -0.3 is 24.8 Å². The number of aryl methyl sites for hydroxylation is 2. The van der Waals surface area contributed by atoms with Gasteiger partial charge in [-0.2, -0.15) is 0 Å². The maximum Gasteiger partial charge on any atom is 0.226 e. The molecule has 1 saturated heterocycles. The summed E-state index contributed by atoms with van der Waals surface area (Å²) < 4.78 is 7.66. The zero-order valence-corrected chi connectivity index (χ0v) is 23.5. The number of nitrogens with zero attached hydrogens (tertiary/aromatic N) is 3. The molecule has 0 radical (unpaired) electrons. The monoisotopic (exact) mass is 539 g/mol. The van der Waals surface area contributed by atoms with Gasteiger partial charge in [-0.15, -0.1) is 0 Å². The third-order valence-corrected chi connectivity index (χ3v) is 7.59. The minimum atomic E-state index is -0.150. The Hall–Kier alpha value is -4.17. The van der Waals surface area contributed by atoms with Crippen molar-refractivity contribution in [3.8, 4) is 11.4 Å². The van der Waals surface area contributed by atoms with Crippen LogP contribution in [0.2, 0.25) is 0 Å². The zero-order valence-electron chi connectivity index (χ0n) is 22.6. The number of amides is 1. The molecule has 0 spiro atoms. The minimum absolute atomic E-state index is 0.104. The molecule has 3 heterocycles. The first-order chi connectivity index (χ1) is 18.9. The summed E-state index contributed by atoms with van der Waals surface area (Å²) in [5, 5.41) is 7.09. The largest absolute Gasteiger partial charge is 0.495 e. The van der Waals surface area contributed by atoms with Crippen LogP contribution in [0.3, 0.4) is 0 Å². The summed E-state index contributed by atoms with van der Waals surface area (Å²) in [6.45, 7) is 6.81. The maximum atomic E-state index is 13.0. The fraction of sp³-hybridized carbons (Fsp3) is 0.258. The summed E-state index contributed by atoms with van der Waals surface area (Å²) in [4.78, 5) is 19.8. The number of hydrogen-bond acceptors (Lipinski definition) is 4. The van der Waals surface area contributed by atoms with Gasteiger partial charge >= 0.3 is 0 Å². The van der Waals surface area contributed by atoms with E-state index in [-0.39, 0.29) is 24.4 Å². The van der Waals surface area contributed by atoms with Crippen molar-refractivity contribution in [3.05, 3.63) is 107 Å². The quantitative estimate of drug-likeness (QED) is 0.276. The first kappa shape index (κ1) is 26.4. The third-order valence-electron chi connectivity index (χ3n) is 7.24. The fourth-order valence-electron chi connectivity index (χ4n) is 5.35. The summed E-state index contributed by atoms with van der Waals surface area (Å²) in [5.41, 5.74) is 7.32. The highest BCUT2D eigenvalue weighted by molar-refractivity contribution is 7.80. The van der Waals surface area contributed by atoms with Gasteiger partial charge in [0.2, 0.25) is 5.91 Å². The lowest BCUT2D eigenvalue weighted by Gasteiger charge is -2.28. The van der Waals surface area contributed by atoms with E-state index in [1.165, 1.54) is 5.56 Å². The number of aromatic nitrogens is 2. The lowest BCUT2D eigenvalue weighted by atomic mass is 9.96. The van der Waals surface area contributed by atoms with Crippen molar-refractivity contribution in [1.82, 2.24) is 19.8 Å². The van der Waals surface area contributed by atoms with Gasteiger partial charge in [-0.3, -0.25) is 9.78 Å². The van der Waals surface area contributed by atoms with Crippen LogP contribution in [0.4, 0.5) is 5.69 Å². The van der Waals surface area contributed by atoms with Crippen LogP contribution >= 0.6 is 12.2 Å². The molecule has 2 aromatic carbocycles. The van der Waals surface area contributed by atoms with E-state index in [2.05, 4.69) is 76.2 Å². The Labute approximate surface area is 234 Å². The van der Waals surface area contributed by atoms with Crippen LogP contribution in [0.15, 0.2) is 79.0 Å². The molecule has 1 amide bonds. The molecule has 0 unspecified atom stereocenters. The average Bonchev–Trinajstić information content (AvgIpc) is 3.43. The second kappa shape index (κ2) is 11.3. The molecule has 2 aromatic heterocycles. The topological polar surface area (TPSA) is 71.4 Å². The Kier molecular flexibility index (Phi) is 7.65. The van der Waals surface area contributed by atoms with Crippen molar-refractivity contribution in [2.24, 2.45) is 0 Å². The van der Waals surface area contributed by atoms with E-state index in [1.807, 2.05) is 42.5 Å². The summed E-state index contributed by atoms with van der Waals surface area (Å²) >= 11 is 5.84. The van der Waals surface area contributed by atoms with Crippen molar-refractivity contribution >= 4 is 28.9 Å². The molecule has 1 aliphatic heterocycles. The summed E-state index contributed by atoms with van der Waals surface area (Å²) in [6, 6.07) is 23.8. The number of benzene rings is 2. The van der Waals surface area contributed by atoms with Gasteiger partial charge in [0.1, 0.15) is 5.75 Å². The van der Waals surface area contributed by atoms with Crippen molar-refractivity contribution in [3.63, 3.8) is 0 Å². The van der Waals surface area contributed by atoms with Crippen LogP contribution in [0.1, 0.15) is 46.7 Å². The number of hydrogen-bond donors (Lipinski definition) is 2. The highest BCUT2D eigenvalue weighted by Crippen LogP contribution is 2.41. The van der Waals surface area contributed by atoms with E-state index >= 15 is 0 Å². The maximum absolute atomic E-state index is 13.0. The molecule has 2 N–H and O–H groups in total. The van der Waals surface area contributed by atoms with Gasteiger partial charge in [0.05, 0.1) is 30.6 Å². The lowest BCUT2D eigenvalue weighted by molar-refractivity contribution is -0.116. The molecule has 4 aromatic rings. The molecule has 0 bridgehead atoms. The van der Waals surface area contributed by atoms with E-state index in [0.717, 1.165) is 28.3 Å². The zero-order chi connectivity index (χ0) is 27.5. The van der Waals surface area contributed by atoms with Crippen LogP contribution in [-0.4, -0.2) is 39.1 Å². The lowest BCUT2D eigenvalue weighted by Crippen LogP contribution is -2.33. The molecular formula is C31H33N5O2S. The van der Waals surface area contributed by atoms with Crippen LogP contribution in [0, 0.1) is 20.8 Å². The minimum Gasteiger partial charge on any atom is -0.495 e. The number of para-hydroxylation sites is 2. The molecule has 0 aliphatic carbocycles. The number of rotatable bonds is 8. The number of carbonyl (C=O) groups excluding carboxylic acids is 1. The highest BCUT2D eigenvalue weighted by atomic mass is 32.1. The van der Waals surface area contributed by atoms with Gasteiger partial charge in [-0.25, -0.2) is 0 Å². The summed E-state index contributed by atoms with van der Waals surface area (Å²) in [5.74, 6) is 0.522. The fourth-order valence-corrected chi connectivity index (χ4v) is 5.68. The van der Waals surface area contributed by atoms with Gasteiger partial charge in [0.15, 0.2) is 5.11 Å². The Morgan fingerprint density at radius 2 is 1.79 bits per heavy atom. The van der Waals surface area contributed by atoms with Crippen molar-refractivity contribution in [2.75, 3.05) is 19.0 Å². The van der Waals surface area contributed by atoms with E-state index < -0.39 is 0 Å². The van der Waals surface area contributed by atoms with Crippen molar-refractivity contribution in [1.29, 1.82) is 0 Å². The van der Waals surface area contributed by atoms with Crippen LogP contribution in [0.25, 0.3) is 5.69 Å². The molecule has 8 heteroatoms. The van der Waals surface area contributed by atoms with Crippen molar-refractivity contribution < 1.29 is 9.53 Å². The van der Waals surface area contributed by atoms with E-state index in [1.54, 1.807) is 13.3 Å². The molecular weight excluding hydrogens is 506 g/mol. The van der Waals surface area contributed by atoms with E-state index in [9.17, 15) is 4.79 Å². The van der Waals surface area contributed by atoms with Crippen LogP contribution in [0.5, 0.6) is 5.75 Å². The number of ether oxygens (including phenoxy) is 1. The number of methoxy groups -OCH3 is 1. The Morgan fingerprint density at radius 3 is 2.51 bits per heavy atom. The number of thiocarbonyl (C=S) groups is 1. The van der Waals surface area contributed by atoms with Gasteiger partial charge in [-0.05, 0) is 81.0 Å².